The van der Waals surface area contributed by atoms with E-state index in [2.05, 4.69) is 33.8 Å². The second kappa shape index (κ2) is 11.2. The second-order valence-electron chi connectivity index (χ2n) is 9.42. The van der Waals surface area contributed by atoms with Gasteiger partial charge >= 0.3 is 0 Å². The quantitative estimate of drug-likeness (QED) is 0.385. The zero-order valence-electron chi connectivity index (χ0n) is 20.5. The van der Waals surface area contributed by atoms with E-state index in [1.54, 1.807) is 6.20 Å². The summed E-state index contributed by atoms with van der Waals surface area (Å²) in [5.41, 5.74) is 2.91. The third-order valence-electron chi connectivity index (χ3n) is 6.47. The molecule has 0 saturated carbocycles. The molecule has 1 N–H and O–H groups in total. The number of hydrogen-bond donors (Lipinski definition) is 1. The first-order chi connectivity index (χ1) is 16.8. The lowest BCUT2D eigenvalue weighted by molar-refractivity contribution is 0.0102. The highest BCUT2D eigenvalue weighted by atomic mass is 35.5. The second-order valence-corrected chi connectivity index (χ2v) is 10.3. The van der Waals surface area contributed by atoms with Gasteiger partial charge in [-0.1, -0.05) is 42.3 Å². The SMILES string of the molecule is CCCOc1ccc(N2CCN(C[C@@](C)(O)c3ccnc(C)c3)C[C@H]2c2ccc(Cl)cc2)c(Cl)c1. The van der Waals surface area contributed by atoms with E-state index in [0.717, 1.165) is 54.3 Å². The number of pyridine rings is 1. The van der Waals surface area contributed by atoms with Crippen LogP contribution in [0, 0.1) is 6.92 Å². The predicted molar refractivity (Wildman–Crippen MR) is 144 cm³/mol. The molecule has 5 nitrogen and oxygen atoms in total. The van der Waals surface area contributed by atoms with E-state index >= 15 is 0 Å². The summed E-state index contributed by atoms with van der Waals surface area (Å²) >= 11 is 12.9. The summed E-state index contributed by atoms with van der Waals surface area (Å²) in [6.07, 6.45) is 2.70. The average molecular weight is 514 g/mol. The van der Waals surface area contributed by atoms with Crippen LogP contribution in [0.15, 0.2) is 60.8 Å². The standard InChI is InChI=1S/C28H33Cl2N3O2/c1-4-15-35-24-9-10-26(25(30)17-24)33-14-13-32(18-27(33)21-5-7-23(29)8-6-21)19-28(3,34)22-11-12-31-20(2)16-22/h5-12,16-17,27,34H,4,13-15,18-19H2,1-3H3/t27-,28+/m0/s1. The lowest BCUT2D eigenvalue weighted by Gasteiger charge is -2.45. The molecule has 7 heteroatoms. The molecule has 1 aliphatic rings. The molecule has 0 radical (unpaired) electrons. The van der Waals surface area contributed by atoms with E-state index in [4.69, 9.17) is 27.9 Å². The van der Waals surface area contributed by atoms with Gasteiger partial charge in [-0.3, -0.25) is 9.88 Å². The number of anilines is 1. The highest BCUT2D eigenvalue weighted by molar-refractivity contribution is 6.33. The Morgan fingerprint density at radius 1 is 1.09 bits per heavy atom. The van der Waals surface area contributed by atoms with Crippen molar-refractivity contribution in [2.45, 2.75) is 38.8 Å². The van der Waals surface area contributed by atoms with Crippen molar-refractivity contribution in [3.8, 4) is 5.75 Å². The minimum atomic E-state index is -0.990. The number of piperazine rings is 1. The van der Waals surface area contributed by atoms with Gasteiger partial charge in [-0.15, -0.1) is 0 Å². The number of nitrogens with zero attached hydrogens (tertiary/aromatic N) is 3. The molecule has 1 fully saturated rings. The Labute approximate surface area is 218 Å². The number of rotatable bonds is 8. The van der Waals surface area contributed by atoms with Crippen LogP contribution in [0.4, 0.5) is 5.69 Å². The van der Waals surface area contributed by atoms with Crippen LogP contribution in [-0.2, 0) is 5.60 Å². The summed E-state index contributed by atoms with van der Waals surface area (Å²) in [6, 6.07) is 17.8. The van der Waals surface area contributed by atoms with Crippen LogP contribution in [0.1, 0.15) is 43.1 Å². The molecular formula is C28H33Cl2N3O2. The molecule has 0 spiro atoms. The Morgan fingerprint density at radius 3 is 2.54 bits per heavy atom. The average Bonchev–Trinajstić information content (AvgIpc) is 2.83. The van der Waals surface area contributed by atoms with Gasteiger partial charge in [0.25, 0.3) is 0 Å². The zero-order valence-corrected chi connectivity index (χ0v) is 22.1. The summed E-state index contributed by atoms with van der Waals surface area (Å²) in [6.45, 7) is 9.40. The van der Waals surface area contributed by atoms with Crippen molar-refractivity contribution >= 4 is 28.9 Å². The van der Waals surface area contributed by atoms with Crippen LogP contribution >= 0.6 is 23.2 Å². The van der Waals surface area contributed by atoms with Crippen LogP contribution in [0.2, 0.25) is 10.0 Å². The fraction of sp³-hybridized carbons (Fsp3) is 0.393. The molecule has 0 unspecified atom stereocenters. The minimum Gasteiger partial charge on any atom is -0.494 e. The molecule has 0 amide bonds. The largest absolute Gasteiger partial charge is 0.494 e. The molecule has 0 bridgehead atoms. The molecule has 0 aliphatic carbocycles. The number of β-amino-alcohol motifs (C(OH)–C–C–N with tert-alkyl or cyclic N) is 1. The van der Waals surface area contributed by atoms with Gasteiger partial charge in [-0.2, -0.15) is 0 Å². The number of hydrogen-bond acceptors (Lipinski definition) is 5. The molecule has 3 aromatic rings. The first kappa shape index (κ1) is 25.8. The van der Waals surface area contributed by atoms with Gasteiger partial charge in [0.05, 0.1) is 29.0 Å². The zero-order chi connectivity index (χ0) is 25.0. The number of halogens is 2. The molecule has 4 rings (SSSR count). The first-order valence-electron chi connectivity index (χ1n) is 12.1. The topological polar surface area (TPSA) is 48.8 Å². The number of aromatic nitrogens is 1. The maximum absolute atomic E-state index is 11.3. The molecule has 35 heavy (non-hydrogen) atoms. The molecule has 186 valence electrons. The molecular weight excluding hydrogens is 481 g/mol. The maximum atomic E-state index is 11.3. The van der Waals surface area contributed by atoms with E-state index in [9.17, 15) is 5.11 Å². The van der Waals surface area contributed by atoms with Crippen LogP contribution in [0.3, 0.4) is 0 Å². The third-order valence-corrected chi connectivity index (χ3v) is 7.03. The van der Waals surface area contributed by atoms with Gasteiger partial charge in [0.15, 0.2) is 0 Å². The van der Waals surface area contributed by atoms with Gasteiger partial charge < -0.3 is 14.7 Å². The maximum Gasteiger partial charge on any atom is 0.120 e. The first-order valence-corrected chi connectivity index (χ1v) is 12.8. The highest BCUT2D eigenvalue weighted by Gasteiger charge is 2.34. The summed E-state index contributed by atoms with van der Waals surface area (Å²) in [5, 5.41) is 12.7. The Bertz CT molecular complexity index is 1140. The summed E-state index contributed by atoms with van der Waals surface area (Å²) in [4.78, 5) is 8.93. The van der Waals surface area contributed by atoms with Crippen molar-refractivity contribution in [1.82, 2.24) is 9.88 Å². The van der Waals surface area contributed by atoms with Crippen molar-refractivity contribution in [2.24, 2.45) is 0 Å². The van der Waals surface area contributed by atoms with Crippen molar-refractivity contribution in [2.75, 3.05) is 37.7 Å². The van der Waals surface area contributed by atoms with Crippen molar-refractivity contribution < 1.29 is 9.84 Å². The van der Waals surface area contributed by atoms with Crippen molar-refractivity contribution in [3.05, 3.63) is 87.7 Å². The summed E-state index contributed by atoms with van der Waals surface area (Å²) in [7, 11) is 0. The molecule has 1 aromatic heterocycles. The Hall–Kier alpha value is -2.31. The molecule has 1 saturated heterocycles. The van der Waals surface area contributed by atoms with Crippen molar-refractivity contribution in [1.29, 1.82) is 0 Å². The van der Waals surface area contributed by atoms with Crippen LogP contribution in [-0.4, -0.2) is 47.8 Å². The van der Waals surface area contributed by atoms with Gasteiger partial charge in [0.2, 0.25) is 0 Å². The minimum absolute atomic E-state index is 0.0518. The normalized spacial score (nSPS) is 18.3. The lowest BCUT2D eigenvalue weighted by atomic mass is 9.94. The number of aliphatic hydroxyl groups is 1. The smallest absolute Gasteiger partial charge is 0.120 e. The molecule has 2 heterocycles. The van der Waals surface area contributed by atoms with E-state index < -0.39 is 5.60 Å². The van der Waals surface area contributed by atoms with Crippen LogP contribution < -0.4 is 9.64 Å². The number of benzene rings is 2. The van der Waals surface area contributed by atoms with Gasteiger partial charge in [0.1, 0.15) is 5.75 Å². The monoisotopic (exact) mass is 513 g/mol. The third kappa shape index (κ3) is 6.28. The lowest BCUT2D eigenvalue weighted by Crippen LogP contribution is -2.52. The predicted octanol–water partition coefficient (Wildman–Crippen LogP) is 6.26. The van der Waals surface area contributed by atoms with Crippen LogP contribution in [0.5, 0.6) is 5.75 Å². The fourth-order valence-corrected chi connectivity index (χ4v) is 5.08. The van der Waals surface area contributed by atoms with E-state index in [1.807, 2.05) is 56.3 Å². The van der Waals surface area contributed by atoms with E-state index in [0.29, 0.717) is 23.2 Å². The van der Waals surface area contributed by atoms with Gasteiger partial charge in [0, 0.05) is 49.2 Å². The Balaban J connectivity index is 1.59. The van der Waals surface area contributed by atoms with Crippen molar-refractivity contribution in [3.63, 3.8) is 0 Å². The molecule has 2 aromatic carbocycles. The number of ether oxygens (including phenoxy) is 1. The molecule has 1 aliphatic heterocycles. The Kier molecular flexibility index (Phi) is 8.23. The van der Waals surface area contributed by atoms with Gasteiger partial charge in [-0.25, -0.2) is 0 Å². The Morgan fingerprint density at radius 2 is 1.86 bits per heavy atom. The summed E-state index contributed by atoms with van der Waals surface area (Å²) < 4.78 is 5.77. The van der Waals surface area contributed by atoms with Gasteiger partial charge in [-0.05, 0) is 67.8 Å². The highest BCUT2D eigenvalue weighted by Crippen LogP contribution is 2.38. The fourth-order valence-electron chi connectivity index (χ4n) is 4.68. The molecule has 2 atom stereocenters. The van der Waals surface area contributed by atoms with Crippen LogP contribution in [0.25, 0.3) is 0 Å². The van der Waals surface area contributed by atoms with E-state index in [1.165, 1.54) is 0 Å². The number of aryl methyl sites for hydroxylation is 1. The summed E-state index contributed by atoms with van der Waals surface area (Å²) in [5.74, 6) is 0.783. The van der Waals surface area contributed by atoms with E-state index in [-0.39, 0.29) is 6.04 Å².